The van der Waals surface area contributed by atoms with E-state index in [-0.39, 0.29) is 25.1 Å². The molecule has 4 N–H and O–H groups in total. The molecule has 0 spiro atoms. The van der Waals surface area contributed by atoms with Gasteiger partial charge in [0.2, 0.25) is 0 Å². The summed E-state index contributed by atoms with van der Waals surface area (Å²) in [6.45, 7) is 4.34. The molecule has 2 heterocycles. The number of nitrogens with zero attached hydrogens (tertiary/aromatic N) is 3. The van der Waals surface area contributed by atoms with Crippen LogP contribution in [0.25, 0.3) is 32.9 Å². The van der Waals surface area contributed by atoms with Gasteiger partial charge in [0.1, 0.15) is 0 Å². The molecule has 4 rings (SSSR count). The molecule has 0 aliphatic rings. The van der Waals surface area contributed by atoms with Crippen LogP contribution in [-0.2, 0) is 18.3 Å². The minimum Gasteiger partial charge on any atom is -0.462 e. The van der Waals surface area contributed by atoms with Crippen molar-refractivity contribution in [1.82, 2.24) is 9.55 Å². The molecular formula is C24H25N5O2. The Bertz CT molecular complexity index is 1330. The fraction of sp³-hybridized carbons (Fsp3) is 0.208. The van der Waals surface area contributed by atoms with E-state index >= 15 is 0 Å². The maximum atomic E-state index is 12.7. The Labute approximate surface area is 180 Å². The van der Waals surface area contributed by atoms with Crippen LogP contribution in [-0.4, -0.2) is 28.1 Å². The Hall–Kier alpha value is -3.87. The van der Waals surface area contributed by atoms with Crippen molar-refractivity contribution >= 4 is 33.7 Å². The molecule has 2 aromatic heterocycles. The molecule has 7 nitrogen and oxygen atoms in total. The number of carbonyl (C=O) groups is 1. The molecule has 7 heteroatoms. The van der Waals surface area contributed by atoms with E-state index in [0.717, 1.165) is 32.9 Å². The summed E-state index contributed by atoms with van der Waals surface area (Å²) in [4.78, 5) is 21.5. The first-order valence-electron chi connectivity index (χ1n) is 10.1. The van der Waals surface area contributed by atoms with Crippen LogP contribution in [0.3, 0.4) is 0 Å². The number of carbonyl (C=O) groups excluding carboxylic acids is 1. The van der Waals surface area contributed by atoms with Gasteiger partial charge in [0.05, 0.1) is 29.9 Å². The normalized spacial score (nSPS) is 11.1. The molecular weight excluding hydrogens is 390 g/mol. The number of esters is 1. The third-order valence-corrected chi connectivity index (χ3v) is 5.51. The Balaban J connectivity index is 1.95. The first-order chi connectivity index (χ1) is 14.9. The molecule has 0 radical (unpaired) electrons. The van der Waals surface area contributed by atoms with Crippen LogP contribution in [0.2, 0.25) is 0 Å². The van der Waals surface area contributed by atoms with Crippen LogP contribution in [0.5, 0.6) is 0 Å². The molecule has 0 fully saturated rings. The van der Waals surface area contributed by atoms with E-state index in [9.17, 15) is 4.79 Å². The zero-order valence-corrected chi connectivity index (χ0v) is 17.8. The Morgan fingerprint density at radius 2 is 1.97 bits per heavy atom. The summed E-state index contributed by atoms with van der Waals surface area (Å²) in [7, 11) is 1.90. The maximum Gasteiger partial charge on any atom is 0.340 e. The van der Waals surface area contributed by atoms with Crippen LogP contribution >= 0.6 is 0 Å². The number of aliphatic imine (C=N–C) groups is 1. The maximum absolute atomic E-state index is 12.7. The van der Waals surface area contributed by atoms with Crippen molar-refractivity contribution in [1.29, 1.82) is 0 Å². The van der Waals surface area contributed by atoms with E-state index in [2.05, 4.69) is 35.1 Å². The van der Waals surface area contributed by atoms with Crippen LogP contribution < -0.4 is 11.5 Å². The minimum atomic E-state index is -0.385. The molecule has 0 unspecified atom stereocenters. The number of aryl methyl sites for hydroxylation is 2. The highest BCUT2D eigenvalue weighted by Gasteiger charge is 2.22. The predicted molar refractivity (Wildman–Crippen MR) is 124 cm³/mol. The second-order valence-electron chi connectivity index (χ2n) is 7.40. The lowest BCUT2D eigenvalue weighted by molar-refractivity contribution is 0.0527. The summed E-state index contributed by atoms with van der Waals surface area (Å²) in [6, 6.07) is 14.2. The molecule has 31 heavy (non-hydrogen) atoms. The van der Waals surface area contributed by atoms with Crippen molar-refractivity contribution in [3.8, 4) is 11.1 Å². The average molecular weight is 415 g/mol. The number of guanidine groups is 1. The van der Waals surface area contributed by atoms with Gasteiger partial charge in [-0.15, -0.1) is 0 Å². The SMILES string of the molecule is CCOC(=O)c1c(CN=C(N)N)n(C)c2cc(-c3cccc4c(C)ccnc34)ccc12. The van der Waals surface area contributed by atoms with E-state index in [4.69, 9.17) is 16.2 Å². The van der Waals surface area contributed by atoms with Gasteiger partial charge in [0, 0.05) is 35.1 Å². The van der Waals surface area contributed by atoms with Crippen molar-refractivity contribution in [2.75, 3.05) is 6.61 Å². The zero-order valence-electron chi connectivity index (χ0n) is 17.8. The van der Waals surface area contributed by atoms with Gasteiger partial charge in [-0.1, -0.05) is 30.3 Å². The molecule has 158 valence electrons. The van der Waals surface area contributed by atoms with Crippen LogP contribution in [0, 0.1) is 6.92 Å². The molecule has 0 aliphatic carbocycles. The van der Waals surface area contributed by atoms with Gasteiger partial charge in [-0.3, -0.25) is 4.98 Å². The fourth-order valence-electron chi connectivity index (χ4n) is 3.99. The van der Waals surface area contributed by atoms with Gasteiger partial charge >= 0.3 is 5.97 Å². The predicted octanol–water partition coefficient (Wildman–Crippen LogP) is 3.65. The van der Waals surface area contributed by atoms with Gasteiger partial charge in [0.25, 0.3) is 0 Å². The van der Waals surface area contributed by atoms with E-state index < -0.39 is 0 Å². The molecule has 2 aromatic carbocycles. The number of aromatic nitrogens is 2. The lowest BCUT2D eigenvalue weighted by atomic mass is 9.98. The first kappa shape index (κ1) is 20.4. The lowest BCUT2D eigenvalue weighted by Gasteiger charge is -2.09. The molecule has 0 amide bonds. The summed E-state index contributed by atoms with van der Waals surface area (Å²) >= 11 is 0. The number of hydrogen-bond acceptors (Lipinski definition) is 4. The highest BCUT2D eigenvalue weighted by molar-refractivity contribution is 6.07. The van der Waals surface area contributed by atoms with Crippen LogP contribution in [0.1, 0.15) is 28.5 Å². The average Bonchev–Trinajstić information content (AvgIpc) is 3.03. The second-order valence-corrected chi connectivity index (χ2v) is 7.40. The minimum absolute atomic E-state index is 0.0297. The summed E-state index contributed by atoms with van der Waals surface area (Å²) in [5, 5.41) is 1.92. The summed E-state index contributed by atoms with van der Waals surface area (Å²) in [6.07, 6.45) is 1.83. The van der Waals surface area contributed by atoms with E-state index in [1.54, 1.807) is 6.92 Å². The van der Waals surface area contributed by atoms with Gasteiger partial charge in [-0.05, 0) is 37.1 Å². The number of benzene rings is 2. The van der Waals surface area contributed by atoms with Crippen molar-refractivity contribution < 1.29 is 9.53 Å². The third-order valence-electron chi connectivity index (χ3n) is 5.51. The Morgan fingerprint density at radius 3 is 2.71 bits per heavy atom. The summed E-state index contributed by atoms with van der Waals surface area (Å²) < 4.78 is 7.26. The number of rotatable bonds is 5. The molecule has 0 atom stereocenters. The largest absolute Gasteiger partial charge is 0.462 e. The van der Waals surface area contributed by atoms with Crippen molar-refractivity contribution in [3.63, 3.8) is 0 Å². The number of fused-ring (bicyclic) bond motifs is 2. The van der Waals surface area contributed by atoms with Crippen molar-refractivity contribution in [2.24, 2.45) is 23.5 Å². The molecule has 4 aromatic rings. The molecule has 0 saturated carbocycles. The molecule has 0 saturated heterocycles. The lowest BCUT2D eigenvalue weighted by Crippen LogP contribution is -2.23. The first-order valence-corrected chi connectivity index (χ1v) is 10.1. The monoisotopic (exact) mass is 415 g/mol. The van der Waals surface area contributed by atoms with E-state index in [1.807, 2.05) is 42.1 Å². The smallest absolute Gasteiger partial charge is 0.340 e. The Kier molecular flexibility index (Phi) is 5.33. The number of para-hydroxylation sites is 1. The number of nitrogens with two attached hydrogens (primary N) is 2. The fourth-order valence-corrected chi connectivity index (χ4v) is 3.99. The van der Waals surface area contributed by atoms with Gasteiger partial charge in [0.15, 0.2) is 5.96 Å². The van der Waals surface area contributed by atoms with E-state index in [1.165, 1.54) is 5.56 Å². The van der Waals surface area contributed by atoms with Crippen molar-refractivity contribution in [2.45, 2.75) is 20.4 Å². The third kappa shape index (κ3) is 3.59. The number of hydrogen-bond donors (Lipinski definition) is 2. The quantitative estimate of drug-likeness (QED) is 0.294. The van der Waals surface area contributed by atoms with Gasteiger partial charge in [-0.25, -0.2) is 9.79 Å². The second kappa shape index (κ2) is 8.10. The topological polar surface area (TPSA) is 109 Å². The van der Waals surface area contributed by atoms with Crippen LogP contribution in [0.15, 0.2) is 53.7 Å². The van der Waals surface area contributed by atoms with Crippen molar-refractivity contribution in [3.05, 3.63) is 65.5 Å². The molecule has 0 aliphatic heterocycles. The summed E-state index contributed by atoms with van der Waals surface area (Å²) in [5.41, 5.74) is 17.3. The van der Waals surface area contributed by atoms with Gasteiger partial charge in [-0.2, -0.15) is 0 Å². The number of ether oxygens (including phenoxy) is 1. The summed E-state index contributed by atoms with van der Waals surface area (Å²) in [5.74, 6) is -0.415. The molecule has 0 bridgehead atoms. The standard InChI is InChI=1S/C24H25N5O2/c1-4-31-23(30)21-18-9-8-15(12-19(18)29(3)20(21)13-28-24(25)26)17-7-5-6-16-14(2)10-11-27-22(16)17/h5-12H,4,13H2,1-3H3,(H4,25,26,28). The van der Waals surface area contributed by atoms with Crippen LogP contribution in [0.4, 0.5) is 0 Å². The van der Waals surface area contributed by atoms with Gasteiger partial charge < -0.3 is 20.8 Å². The zero-order chi connectivity index (χ0) is 22.1. The highest BCUT2D eigenvalue weighted by atomic mass is 16.5. The number of pyridine rings is 1. The Morgan fingerprint density at radius 1 is 1.16 bits per heavy atom. The van der Waals surface area contributed by atoms with E-state index in [0.29, 0.717) is 11.3 Å². The highest BCUT2D eigenvalue weighted by Crippen LogP contribution is 2.34.